The molecule has 0 aliphatic rings. The van der Waals surface area contributed by atoms with Crippen LogP contribution in [0.1, 0.15) is 17.5 Å². The van der Waals surface area contributed by atoms with Gasteiger partial charge >= 0.3 is 11.7 Å². The summed E-state index contributed by atoms with van der Waals surface area (Å²) in [5.41, 5.74) is 2.15. The van der Waals surface area contributed by atoms with Crippen molar-refractivity contribution in [2.75, 3.05) is 11.9 Å². The van der Waals surface area contributed by atoms with Crippen molar-refractivity contribution in [3.63, 3.8) is 0 Å². The highest BCUT2D eigenvalue weighted by Gasteiger charge is 2.15. The van der Waals surface area contributed by atoms with Crippen molar-refractivity contribution >= 4 is 28.7 Å². The number of carbonyl (C=O) groups excluding carboxylic acids is 2. The van der Waals surface area contributed by atoms with Crippen molar-refractivity contribution < 1.29 is 14.3 Å². The largest absolute Gasteiger partial charge is 0.456 e. The maximum atomic E-state index is 12.4. The van der Waals surface area contributed by atoms with E-state index in [1.54, 1.807) is 0 Å². The third-order valence-corrected chi connectivity index (χ3v) is 4.64. The number of aryl methyl sites for hydroxylation is 4. The molecule has 2 aromatic heterocycles. The summed E-state index contributed by atoms with van der Waals surface area (Å²) in [7, 11) is 2.90. The smallest absolute Gasteiger partial charge is 0.332 e. The summed E-state index contributed by atoms with van der Waals surface area (Å²) in [6.45, 7) is 3.57. The van der Waals surface area contributed by atoms with Gasteiger partial charge in [0.2, 0.25) is 0 Å². The maximum Gasteiger partial charge on any atom is 0.332 e. The molecule has 2 heterocycles. The highest BCUT2D eigenvalue weighted by molar-refractivity contribution is 5.93. The van der Waals surface area contributed by atoms with Gasteiger partial charge in [0.15, 0.2) is 17.8 Å². The van der Waals surface area contributed by atoms with Gasteiger partial charge in [0, 0.05) is 26.3 Å². The van der Waals surface area contributed by atoms with Crippen molar-refractivity contribution in [1.29, 1.82) is 0 Å². The summed E-state index contributed by atoms with van der Waals surface area (Å²) in [4.78, 5) is 52.5. The zero-order valence-corrected chi connectivity index (χ0v) is 17.3. The van der Waals surface area contributed by atoms with E-state index in [9.17, 15) is 19.2 Å². The predicted molar refractivity (Wildman–Crippen MR) is 110 cm³/mol. The zero-order valence-electron chi connectivity index (χ0n) is 17.3. The van der Waals surface area contributed by atoms with Crippen molar-refractivity contribution in [2.24, 2.45) is 14.1 Å². The van der Waals surface area contributed by atoms with E-state index in [0.29, 0.717) is 5.69 Å². The number of ether oxygens (including phenoxy) is 1. The standard InChI is InChI=1S/C20H23N5O5/c1-12-7-13(2)9-14(8-12)22-15(26)10-30-16(27)5-6-25-11-21-18-17(25)19(28)24(4)20(29)23(18)3/h7-9,11H,5-6,10H2,1-4H3,(H,22,26). The highest BCUT2D eigenvalue weighted by Crippen LogP contribution is 2.13. The van der Waals surface area contributed by atoms with Gasteiger partial charge in [-0.15, -0.1) is 0 Å². The van der Waals surface area contributed by atoms with Crippen LogP contribution in [0.3, 0.4) is 0 Å². The molecule has 0 aliphatic carbocycles. The zero-order chi connectivity index (χ0) is 22.0. The van der Waals surface area contributed by atoms with Crippen LogP contribution in [0.25, 0.3) is 11.2 Å². The molecular weight excluding hydrogens is 390 g/mol. The first-order valence-corrected chi connectivity index (χ1v) is 9.32. The molecule has 1 amide bonds. The minimum atomic E-state index is -0.589. The fraction of sp³-hybridized carbons (Fsp3) is 0.350. The van der Waals surface area contributed by atoms with Crippen LogP contribution >= 0.6 is 0 Å². The van der Waals surface area contributed by atoms with Gasteiger partial charge in [-0.3, -0.25) is 23.5 Å². The first-order valence-electron chi connectivity index (χ1n) is 9.32. The maximum absolute atomic E-state index is 12.4. The SMILES string of the molecule is Cc1cc(C)cc(NC(=O)COC(=O)CCn2cnc3c2c(=O)n(C)c(=O)n3C)c1. The van der Waals surface area contributed by atoms with E-state index in [0.717, 1.165) is 15.7 Å². The molecule has 1 N–H and O–H groups in total. The minimum absolute atomic E-state index is 0.0612. The molecule has 0 saturated heterocycles. The molecule has 0 unspecified atom stereocenters. The molecule has 3 aromatic rings. The third-order valence-electron chi connectivity index (χ3n) is 4.64. The number of amides is 1. The summed E-state index contributed by atoms with van der Waals surface area (Å²) in [6, 6.07) is 5.63. The number of benzene rings is 1. The summed E-state index contributed by atoms with van der Waals surface area (Å²) < 4.78 is 8.76. The van der Waals surface area contributed by atoms with Gasteiger partial charge in [-0.1, -0.05) is 6.07 Å². The molecule has 158 valence electrons. The average Bonchev–Trinajstić information content (AvgIpc) is 3.11. The summed E-state index contributed by atoms with van der Waals surface area (Å²) in [5, 5.41) is 2.69. The van der Waals surface area contributed by atoms with E-state index in [-0.39, 0.29) is 24.1 Å². The van der Waals surface area contributed by atoms with Gasteiger partial charge in [-0.25, -0.2) is 9.78 Å². The van der Waals surface area contributed by atoms with Crippen LogP contribution in [-0.4, -0.2) is 37.2 Å². The average molecular weight is 413 g/mol. The number of imidazole rings is 1. The second-order valence-electron chi connectivity index (χ2n) is 7.15. The second kappa shape index (κ2) is 8.36. The second-order valence-corrected chi connectivity index (χ2v) is 7.15. The Bertz CT molecular complexity index is 1230. The first kappa shape index (κ1) is 21.0. The van der Waals surface area contributed by atoms with E-state index in [2.05, 4.69) is 10.3 Å². The van der Waals surface area contributed by atoms with Crippen molar-refractivity contribution in [1.82, 2.24) is 18.7 Å². The Morgan fingerprint density at radius 1 is 1.07 bits per heavy atom. The molecule has 0 spiro atoms. The quantitative estimate of drug-likeness (QED) is 0.592. The molecule has 0 saturated carbocycles. The monoisotopic (exact) mass is 413 g/mol. The lowest BCUT2D eigenvalue weighted by molar-refractivity contribution is -0.147. The Hall–Kier alpha value is -3.69. The molecule has 3 rings (SSSR count). The first-order chi connectivity index (χ1) is 14.2. The summed E-state index contributed by atoms with van der Waals surface area (Å²) in [6.07, 6.45) is 1.33. The van der Waals surface area contributed by atoms with Crippen molar-refractivity contribution in [3.8, 4) is 0 Å². The van der Waals surface area contributed by atoms with Gasteiger partial charge in [0.1, 0.15) is 0 Å². The van der Waals surface area contributed by atoms with Crippen molar-refractivity contribution in [2.45, 2.75) is 26.8 Å². The van der Waals surface area contributed by atoms with Crippen LogP contribution in [0.2, 0.25) is 0 Å². The summed E-state index contributed by atoms with van der Waals surface area (Å²) >= 11 is 0. The number of nitrogens with one attached hydrogen (secondary N) is 1. The van der Waals surface area contributed by atoms with Crippen LogP contribution in [0, 0.1) is 13.8 Å². The van der Waals surface area contributed by atoms with Gasteiger partial charge in [0.25, 0.3) is 11.5 Å². The minimum Gasteiger partial charge on any atom is -0.456 e. The normalized spacial score (nSPS) is 10.9. The molecular formula is C20H23N5O5. The van der Waals surface area contributed by atoms with E-state index in [1.807, 2.05) is 32.0 Å². The van der Waals surface area contributed by atoms with Crippen LogP contribution in [0.15, 0.2) is 34.1 Å². The van der Waals surface area contributed by atoms with Gasteiger partial charge in [-0.05, 0) is 37.1 Å². The van der Waals surface area contributed by atoms with Crippen LogP contribution in [0.5, 0.6) is 0 Å². The van der Waals surface area contributed by atoms with E-state index >= 15 is 0 Å². The third kappa shape index (κ3) is 4.32. The fourth-order valence-corrected chi connectivity index (χ4v) is 3.24. The number of hydrogen-bond donors (Lipinski definition) is 1. The number of fused-ring (bicyclic) bond motifs is 1. The Balaban J connectivity index is 1.59. The number of hydrogen-bond acceptors (Lipinski definition) is 6. The van der Waals surface area contributed by atoms with Crippen LogP contribution in [0.4, 0.5) is 5.69 Å². The molecule has 0 bridgehead atoms. The van der Waals surface area contributed by atoms with Gasteiger partial charge < -0.3 is 14.6 Å². The summed E-state index contributed by atoms with van der Waals surface area (Å²) in [5.74, 6) is -1.03. The number of esters is 1. The Morgan fingerprint density at radius 2 is 1.73 bits per heavy atom. The topological polar surface area (TPSA) is 117 Å². The number of aromatic nitrogens is 4. The Kier molecular flexibility index (Phi) is 5.86. The molecule has 0 atom stereocenters. The Labute approximate surface area is 171 Å². The fourth-order valence-electron chi connectivity index (χ4n) is 3.24. The molecule has 30 heavy (non-hydrogen) atoms. The molecule has 1 aromatic carbocycles. The van der Waals surface area contributed by atoms with E-state index < -0.39 is 29.7 Å². The lowest BCUT2D eigenvalue weighted by atomic mass is 10.1. The molecule has 0 radical (unpaired) electrons. The Morgan fingerprint density at radius 3 is 2.40 bits per heavy atom. The van der Waals surface area contributed by atoms with Gasteiger partial charge in [-0.2, -0.15) is 0 Å². The lowest BCUT2D eigenvalue weighted by Gasteiger charge is -2.09. The number of anilines is 1. The molecule has 0 aliphatic heterocycles. The van der Waals surface area contributed by atoms with Crippen molar-refractivity contribution in [3.05, 3.63) is 56.5 Å². The molecule has 0 fully saturated rings. The highest BCUT2D eigenvalue weighted by atomic mass is 16.5. The molecule has 10 nitrogen and oxygen atoms in total. The van der Waals surface area contributed by atoms with E-state index in [4.69, 9.17) is 4.74 Å². The number of rotatable bonds is 6. The van der Waals surface area contributed by atoms with Crippen LogP contribution < -0.4 is 16.6 Å². The number of carbonyl (C=O) groups is 2. The van der Waals surface area contributed by atoms with Crippen LogP contribution in [-0.2, 0) is 35.0 Å². The lowest BCUT2D eigenvalue weighted by Crippen LogP contribution is -2.37. The predicted octanol–water partition coefficient (Wildman–Crippen LogP) is 0.623. The van der Waals surface area contributed by atoms with E-state index in [1.165, 1.54) is 29.6 Å². The molecule has 10 heteroatoms. The number of nitrogens with zero attached hydrogens (tertiary/aromatic N) is 4. The van der Waals surface area contributed by atoms with Gasteiger partial charge in [0.05, 0.1) is 12.7 Å².